The van der Waals surface area contributed by atoms with Gasteiger partial charge in [0.1, 0.15) is 11.6 Å². The monoisotopic (exact) mass is 261 g/mol. The molecule has 0 aliphatic heterocycles. The maximum Gasteiger partial charge on any atom is 0.140 e. The Labute approximate surface area is 104 Å². The minimum atomic E-state index is -0.615. The Morgan fingerprint density at radius 1 is 1.29 bits per heavy atom. The number of hydrogen-bond acceptors (Lipinski definition) is 3. The van der Waals surface area contributed by atoms with E-state index in [0.29, 0.717) is 12.1 Å². The molecule has 2 nitrogen and oxygen atoms in total. The first kappa shape index (κ1) is 14.4. The van der Waals surface area contributed by atoms with Gasteiger partial charge in [-0.1, -0.05) is 6.92 Å². The van der Waals surface area contributed by atoms with E-state index in [2.05, 4.69) is 5.32 Å². The molecule has 0 aromatic heterocycles. The van der Waals surface area contributed by atoms with Gasteiger partial charge in [0.05, 0.1) is 11.0 Å². The topological polar surface area (TPSA) is 32.3 Å². The number of aliphatic hydroxyl groups is 1. The minimum Gasteiger partial charge on any atom is -0.392 e. The molecule has 1 rings (SSSR count). The van der Waals surface area contributed by atoms with Crippen LogP contribution in [-0.4, -0.2) is 23.5 Å². The average molecular weight is 261 g/mol. The second-order valence-electron chi connectivity index (χ2n) is 3.98. The zero-order valence-electron chi connectivity index (χ0n) is 10.1. The van der Waals surface area contributed by atoms with Crippen molar-refractivity contribution in [1.82, 2.24) is 5.32 Å². The quantitative estimate of drug-likeness (QED) is 0.799. The smallest absolute Gasteiger partial charge is 0.140 e. The predicted octanol–water partition coefficient (Wildman–Crippen LogP) is 2.55. The summed E-state index contributed by atoms with van der Waals surface area (Å²) >= 11 is 1.01. The van der Waals surface area contributed by atoms with Gasteiger partial charge in [-0.3, -0.25) is 0 Å². The first-order valence-electron chi connectivity index (χ1n) is 5.43. The lowest BCUT2D eigenvalue weighted by molar-refractivity contribution is 0.196. The third-order valence-electron chi connectivity index (χ3n) is 2.42. The summed E-state index contributed by atoms with van der Waals surface area (Å²) in [5.41, 5.74) is 0.566. The number of thioether (sulfide) groups is 1. The van der Waals surface area contributed by atoms with Crippen molar-refractivity contribution in [1.29, 1.82) is 0 Å². The van der Waals surface area contributed by atoms with Crippen LogP contribution >= 0.6 is 11.8 Å². The molecule has 5 heteroatoms. The molecular formula is C12H17F2NOS. The lowest BCUT2D eigenvalue weighted by Crippen LogP contribution is -2.15. The van der Waals surface area contributed by atoms with Crippen molar-refractivity contribution in [3.05, 3.63) is 29.3 Å². The van der Waals surface area contributed by atoms with Gasteiger partial charge in [-0.2, -0.15) is 0 Å². The Hall–Kier alpha value is -0.650. The van der Waals surface area contributed by atoms with Crippen LogP contribution < -0.4 is 5.32 Å². The third-order valence-corrected chi connectivity index (χ3v) is 3.81. The molecule has 0 aliphatic carbocycles. The lowest BCUT2D eigenvalue weighted by atomic mass is 10.2. The second-order valence-corrected chi connectivity index (χ2v) is 5.37. The van der Waals surface area contributed by atoms with Gasteiger partial charge in [0.15, 0.2) is 0 Å². The SMILES string of the molecule is CNCc1cc(F)c(SC(C)C(C)O)c(F)c1. The Kier molecular flexibility index (Phi) is 5.36. The normalized spacial score (nSPS) is 14.7. The molecule has 2 N–H and O–H groups in total. The van der Waals surface area contributed by atoms with Gasteiger partial charge in [-0.25, -0.2) is 8.78 Å². The fourth-order valence-corrected chi connectivity index (χ4v) is 2.23. The van der Waals surface area contributed by atoms with Crippen LogP contribution in [0, 0.1) is 11.6 Å². The number of nitrogens with one attached hydrogen (secondary N) is 1. The Morgan fingerprint density at radius 3 is 2.24 bits per heavy atom. The fraction of sp³-hybridized carbons (Fsp3) is 0.500. The van der Waals surface area contributed by atoms with Crippen LogP contribution in [-0.2, 0) is 6.54 Å². The van der Waals surface area contributed by atoms with Gasteiger partial charge in [0, 0.05) is 11.8 Å². The molecule has 0 saturated carbocycles. The van der Waals surface area contributed by atoms with Crippen LogP contribution in [0.3, 0.4) is 0 Å². The third kappa shape index (κ3) is 3.94. The van der Waals surface area contributed by atoms with Crippen LogP contribution in [0.1, 0.15) is 19.4 Å². The molecule has 2 atom stereocenters. The molecule has 0 bridgehead atoms. The summed E-state index contributed by atoms with van der Waals surface area (Å²) in [4.78, 5) is -0.0294. The molecule has 2 unspecified atom stereocenters. The van der Waals surface area contributed by atoms with Gasteiger partial charge >= 0.3 is 0 Å². The molecule has 1 aromatic rings. The molecular weight excluding hydrogens is 244 g/mol. The lowest BCUT2D eigenvalue weighted by Gasteiger charge is -2.15. The van der Waals surface area contributed by atoms with Crippen molar-refractivity contribution >= 4 is 11.8 Å². The van der Waals surface area contributed by atoms with Crippen LogP contribution in [0.4, 0.5) is 8.78 Å². The van der Waals surface area contributed by atoms with Gasteiger partial charge in [-0.15, -0.1) is 11.8 Å². The Balaban J connectivity index is 2.93. The number of benzene rings is 1. The molecule has 17 heavy (non-hydrogen) atoms. The Morgan fingerprint density at radius 2 is 1.82 bits per heavy atom. The van der Waals surface area contributed by atoms with E-state index in [0.717, 1.165) is 11.8 Å². The molecule has 1 aromatic carbocycles. The zero-order valence-corrected chi connectivity index (χ0v) is 10.9. The summed E-state index contributed by atoms with van der Waals surface area (Å²) < 4.78 is 27.4. The second kappa shape index (κ2) is 6.33. The molecule has 0 aliphatic rings. The van der Waals surface area contributed by atoms with Crippen molar-refractivity contribution in [2.45, 2.75) is 36.6 Å². The predicted molar refractivity (Wildman–Crippen MR) is 66.1 cm³/mol. The summed E-state index contributed by atoms with van der Waals surface area (Å²) in [5.74, 6) is -1.15. The number of rotatable bonds is 5. The van der Waals surface area contributed by atoms with Gasteiger partial charge < -0.3 is 10.4 Å². The fourth-order valence-electron chi connectivity index (χ4n) is 1.32. The van der Waals surface area contributed by atoms with Crippen molar-refractivity contribution in [3.8, 4) is 0 Å². The molecule has 0 fully saturated rings. The van der Waals surface area contributed by atoms with E-state index in [1.165, 1.54) is 12.1 Å². The molecule has 0 amide bonds. The molecule has 96 valence electrons. The largest absolute Gasteiger partial charge is 0.392 e. The highest BCUT2D eigenvalue weighted by Crippen LogP contribution is 2.31. The van der Waals surface area contributed by atoms with Gasteiger partial charge in [-0.05, 0) is 31.7 Å². The van der Waals surface area contributed by atoms with Crippen LogP contribution in [0.2, 0.25) is 0 Å². The van der Waals surface area contributed by atoms with E-state index in [1.54, 1.807) is 20.9 Å². The van der Waals surface area contributed by atoms with Crippen LogP contribution in [0.5, 0.6) is 0 Å². The summed E-state index contributed by atoms with van der Waals surface area (Å²) in [6.45, 7) is 3.75. The average Bonchev–Trinajstić information content (AvgIpc) is 2.23. The van der Waals surface area contributed by atoms with E-state index in [-0.39, 0.29) is 10.1 Å². The number of hydrogen-bond donors (Lipinski definition) is 2. The molecule has 0 saturated heterocycles. The maximum atomic E-state index is 13.7. The first-order chi connectivity index (χ1) is 7.95. The highest BCUT2D eigenvalue weighted by atomic mass is 32.2. The van der Waals surface area contributed by atoms with Crippen molar-refractivity contribution in [3.63, 3.8) is 0 Å². The summed E-state index contributed by atoms with van der Waals surface area (Å²) in [6, 6.07) is 2.63. The van der Waals surface area contributed by atoms with Crippen LogP contribution in [0.15, 0.2) is 17.0 Å². The highest BCUT2D eigenvalue weighted by Gasteiger charge is 2.17. The summed E-state index contributed by atoms with van der Waals surface area (Å²) in [6.07, 6.45) is -0.615. The minimum absolute atomic E-state index is 0.0294. The van der Waals surface area contributed by atoms with E-state index in [1.807, 2.05) is 0 Å². The summed E-state index contributed by atoms with van der Waals surface area (Å²) in [5, 5.41) is 11.9. The van der Waals surface area contributed by atoms with E-state index < -0.39 is 17.7 Å². The number of aliphatic hydroxyl groups excluding tert-OH is 1. The maximum absolute atomic E-state index is 13.7. The van der Waals surface area contributed by atoms with E-state index in [4.69, 9.17) is 0 Å². The number of halogens is 2. The molecule has 0 radical (unpaired) electrons. The zero-order chi connectivity index (χ0) is 13.0. The molecule has 0 heterocycles. The van der Waals surface area contributed by atoms with E-state index in [9.17, 15) is 13.9 Å². The Bertz CT molecular complexity index is 362. The van der Waals surface area contributed by atoms with Crippen molar-refractivity contribution < 1.29 is 13.9 Å². The van der Waals surface area contributed by atoms with E-state index >= 15 is 0 Å². The van der Waals surface area contributed by atoms with Crippen molar-refractivity contribution in [2.24, 2.45) is 0 Å². The van der Waals surface area contributed by atoms with Crippen LogP contribution in [0.25, 0.3) is 0 Å². The summed E-state index contributed by atoms with van der Waals surface area (Å²) in [7, 11) is 1.72. The van der Waals surface area contributed by atoms with Gasteiger partial charge in [0.2, 0.25) is 0 Å². The standard InChI is InChI=1S/C12H17F2NOS/c1-7(16)8(2)17-12-10(13)4-9(6-15-3)5-11(12)14/h4-5,7-8,15-16H,6H2,1-3H3. The molecule has 0 spiro atoms. The highest BCUT2D eigenvalue weighted by molar-refractivity contribution is 8.00. The van der Waals surface area contributed by atoms with Gasteiger partial charge in [0.25, 0.3) is 0 Å². The first-order valence-corrected chi connectivity index (χ1v) is 6.31. The van der Waals surface area contributed by atoms with Crippen molar-refractivity contribution in [2.75, 3.05) is 7.05 Å².